The molecular formula is C38H33NO8. The number of ketones is 2. The monoisotopic (exact) mass is 631 g/mol. The molecule has 3 aromatic carbocycles. The van der Waals surface area contributed by atoms with Crippen LogP contribution in [-0.4, -0.2) is 59.8 Å². The van der Waals surface area contributed by atoms with Crippen LogP contribution in [0.3, 0.4) is 0 Å². The van der Waals surface area contributed by atoms with Crippen molar-refractivity contribution in [1.29, 1.82) is 0 Å². The summed E-state index contributed by atoms with van der Waals surface area (Å²) in [5, 5.41) is 9.64. The molecule has 4 aliphatic rings. The third-order valence-corrected chi connectivity index (χ3v) is 10.3. The van der Waals surface area contributed by atoms with Gasteiger partial charge in [0.05, 0.1) is 31.0 Å². The minimum absolute atomic E-state index is 0.00465. The number of carbonyl (C=O) groups is 5. The molecule has 0 bridgehead atoms. The number of hydrogen-bond acceptors (Lipinski definition) is 8. The third-order valence-electron chi connectivity index (χ3n) is 10.3. The van der Waals surface area contributed by atoms with Crippen LogP contribution in [0, 0.1) is 23.7 Å². The van der Waals surface area contributed by atoms with Crippen LogP contribution >= 0.6 is 0 Å². The molecule has 0 spiro atoms. The number of hydrogen-bond donors (Lipinski definition) is 1. The van der Waals surface area contributed by atoms with E-state index in [9.17, 15) is 24.3 Å². The Morgan fingerprint density at radius 2 is 1.57 bits per heavy atom. The number of para-hydroxylation sites is 1. The maximum Gasteiger partial charge on any atom is 0.423 e. The van der Waals surface area contributed by atoms with Gasteiger partial charge in [-0.15, -0.1) is 0 Å². The van der Waals surface area contributed by atoms with E-state index in [1.807, 2.05) is 66.7 Å². The Morgan fingerprint density at radius 1 is 0.894 bits per heavy atom. The first-order chi connectivity index (χ1) is 22.8. The highest BCUT2D eigenvalue weighted by molar-refractivity contribution is 6.31. The number of aliphatic hydroxyl groups is 1. The number of likely N-dealkylation sites (tertiary alicyclic amines) is 1. The highest BCUT2D eigenvalue weighted by Gasteiger charge is 2.66. The van der Waals surface area contributed by atoms with Gasteiger partial charge < -0.3 is 14.6 Å². The Bertz CT molecular complexity index is 1850. The number of benzene rings is 3. The second-order valence-corrected chi connectivity index (χ2v) is 12.4. The van der Waals surface area contributed by atoms with E-state index in [1.54, 1.807) is 24.3 Å². The van der Waals surface area contributed by atoms with E-state index in [4.69, 9.17) is 9.47 Å². The summed E-state index contributed by atoms with van der Waals surface area (Å²) in [6.07, 6.45) is 2.62. The van der Waals surface area contributed by atoms with Gasteiger partial charge in [-0.1, -0.05) is 90.5 Å². The van der Waals surface area contributed by atoms with Crippen molar-refractivity contribution < 1.29 is 38.6 Å². The predicted molar refractivity (Wildman–Crippen MR) is 170 cm³/mol. The Balaban J connectivity index is 1.50. The van der Waals surface area contributed by atoms with Gasteiger partial charge in [0, 0.05) is 23.0 Å². The lowest BCUT2D eigenvalue weighted by Gasteiger charge is -2.55. The predicted octanol–water partition coefficient (Wildman–Crippen LogP) is 4.65. The molecule has 3 amide bonds. The highest BCUT2D eigenvalue weighted by atomic mass is 16.5. The first-order valence-corrected chi connectivity index (χ1v) is 15.7. The van der Waals surface area contributed by atoms with Crippen LogP contribution < -0.4 is 4.74 Å². The van der Waals surface area contributed by atoms with E-state index < -0.39 is 52.9 Å². The van der Waals surface area contributed by atoms with Crippen LogP contribution in [0.25, 0.3) is 5.57 Å². The Kier molecular flexibility index (Phi) is 7.72. The summed E-state index contributed by atoms with van der Waals surface area (Å²) < 4.78 is 10.8. The summed E-state index contributed by atoms with van der Waals surface area (Å²) >= 11 is 0. The minimum Gasteiger partial charge on any atom is -0.491 e. The van der Waals surface area contributed by atoms with Gasteiger partial charge in [0.25, 0.3) is 0 Å². The van der Waals surface area contributed by atoms with E-state index >= 15 is 4.79 Å². The molecule has 1 saturated heterocycles. The Morgan fingerprint density at radius 3 is 2.28 bits per heavy atom. The van der Waals surface area contributed by atoms with Gasteiger partial charge in [0.2, 0.25) is 11.8 Å². The number of rotatable bonds is 6. The first-order valence-electron chi connectivity index (χ1n) is 15.7. The van der Waals surface area contributed by atoms with Crippen molar-refractivity contribution in [3.8, 4) is 5.75 Å². The van der Waals surface area contributed by atoms with Crippen LogP contribution in [0.5, 0.6) is 5.75 Å². The smallest absolute Gasteiger partial charge is 0.423 e. The van der Waals surface area contributed by atoms with Gasteiger partial charge in [-0.3, -0.25) is 19.2 Å². The lowest BCUT2D eigenvalue weighted by molar-refractivity contribution is -0.138. The molecule has 0 radical (unpaired) electrons. The van der Waals surface area contributed by atoms with Crippen LogP contribution in [0.4, 0.5) is 4.79 Å². The minimum atomic E-state index is -1.42. The SMILES string of the molecule is COC(=O)N1C(=O)[C@H]2[C@H](CC=C3[C@H]2C[C@H]2C(=O)C(c4ccccc4)=CC(=O)[C@@]2(c2ccccc2)[C@H]3c2ccccc2OCCO)C1=O. The molecule has 1 saturated carbocycles. The molecule has 1 aliphatic heterocycles. The molecule has 238 valence electrons. The number of Topliss-reactive ketones (excluding diaryl/α,β-unsaturated/α-hetero) is 1. The number of nitrogens with zero attached hydrogens (tertiary/aromatic N) is 1. The average Bonchev–Trinajstić information content (AvgIpc) is 3.37. The number of methoxy groups -OCH3 is 1. The molecule has 2 fully saturated rings. The molecule has 9 nitrogen and oxygen atoms in total. The van der Waals surface area contributed by atoms with Gasteiger partial charge >= 0.3 is 6.09 Å². The maximum absolute atomic E-state index is 15.1. The molecule has 0 aromatic heterocycles. The van der Waals surface area contributed by atoms with Crippen molar-refractivity contribution in [2.24, 2.45) is 23.7 Å². The zero-order chi connectivity index (χ0) is 32.9. The molecule has 1 N–H and O–H groups in total. The number of imide groups is 3. The van der Waals surface area contributed by atoms with Crippen molar-refractivity contribution in [2.75, 3.05) is 20.3 Å². The van der Waals surface area contributed by atoms with Crippen molar-refractivity contribution in [1.82, 2.24) is 4.90 Å². The van der Waals surface area contributed by atoms with E-state index in [2.05, 4.69) is 0 Å². The summed E-state index contributed by atoms with van der Waals surface area (Å²) in [6.45, 7) is -0.230. The summed E-state index contributed by atoms with van der Waals surface area (Å²) in [5.41, 5.74) is 1.52. The number of ether oxygens (including phenoxy) is 2. The van der Waals surface area contributed by atoms with Gasteiger partial charge in [0.1, 0.15) is 12.4 Å². The molecule has 47 heavy (non-hydrogen) atoms. The summed E-state index contributed by atoms with van der Waals surface area (Å²) in [4.78, 5) is 70.6. The third kappa shape index (κ3) is 4.52. The Hall–Kier alpha value is -5.15. The molecular weight excluding hydrogens is 598 g/mol. The second-order valence-electron chi connectivity index (χ2n) is 12.4. The fraction of sp³-hybridized carbons (Fsp3) is 0.289. The topological polar surface area (TPSA) is 127 Å². The molecule has 0 unspecified atom stereocenters. The van der Waals surface area contributed by atoms with Gasteiger partial charge in [-0.05, 0) is 42.0 Å². The number of carbonyl (C=O) groups excluding carboxylic acids is 5. The molecule has 3 aliphatic carbocycles. The summed E-state index contributed by atoms with van der Waals surface area (Å²) in [5.74, 6) is -5.39. The molecule has 3 aromatic rings. The second kappa shape index (κ2) is 11.9. The lowest BCUT2D eigenvalue weighted by atomic mass is 9.44. The fourth-order valence-electron chi connectivity index (χ4n) is 8.50. The highest BCUT2D eigenvalue weighted by Crippen LogP contribution is 2.64. The molecule has 6 atom stereocenters. The summed E-state index contributed by atoms with van der Waals surface area (Å²) in [7, 11) is 1.12. The van der Waals surface area contributed by atoms with E-state index in [0.29, 0.717) is 32.9 Å². The molecule has 7 rings (SSSR count). The van der Waals surface area contributed by atoms with Crippen LogP contribution in [0.1, 0.15) is 35.4 Å². The molecule has 1 heterocycles. The standard InChI is InChI=1S/C38H33NO8/c1-46-37(45)39-35(43)26-17-16-24-28(32(26)36(39)44)20-29-34(42)27(22-10-4-2-5-11-22)21-31(41)38(29,23-12-6-3-7-13-23)33(24)25-14-8-9-15-30(25)47-19-18-40/h2-16,21,26,28-29,32-33,40H,17-20H2,1H3/t26-,28+,29-,32-,33+,38-/m0/s1. The zero-order valence-corrected chi connectivity index (χ0v) is 25.7. The first kappa shape index (κ1) is 30.5. The zero-order valence-electron chi connectivity index (χ0n) is 25.7. The van der Waals surface area contributed by atoms with Crippen LogP contribution in [0.15, 0.2) is 103 Å². The largest absolute Gasteiger partial charge is 0.491 e. The fourth-order valence-corrected chi connectivity index (χ4v) is 8.50. The van der Waals surface area contributed by atoms with Crippen molar-refractivity contribution in [3.05, 3.63) is 119 Å². The van der Waals surface area contributed by atoms with Gasteiger partial charge in [0.15, 0.2) is 11.6 Å². The van der Waals surface area contributed by atoms with Gasteiger partial charge in [-0.2, -0.15) is 4.90 Å². The quantitative estimate of drug-likeness (QED) is 0.308. The average molecular weight is 632 g/mol. The van der Waals surface area contributed by atoms with Crippen LogP contribution in [-0.2, 0) is 29.3 Å². The van der Waals surface area contributed by atoms with Crippen molar-refractivity contribution in [3.63, 3.8) is 0 Å². The van der Waals surface area contributed by atoms with Crippen molar-refractivity contribution >= 4 is 35.0 Å². The van der Waals surface area contributed by atoms with E-state index in [-0.39, 0.29) is 37.6 Å². The van der Waals surface area contributed by atoms with Gasteiger partial charge in [-0.25, -0.2) is 4.79 Å². The normalized spacial score (nSPS) is 28.1. The summed E-state index contributed by atoms with van der Waals surface area (Å²) in [6, 6.07) is 25.5. The number of amides is 3. The number of allylic oxidation sites excluding steroid dienone is 4. The van der Waals surface area contributed by atoms with E-state index in [0.717, 1.165) is 12.7 Å². The van der Waals surface area contributed by atoms with E-state index in [1.165, 1.54) is 6.08 Å². The maximum atomic E-state index is 15.1. The molecule has 9 heteroatoms. The Labute approximate surface area is 271 Å². The van der Waals surface area contributed by atoms with Crippen LogP contribution in [0.2, 0.25) is 0 Å². The number of fused-ring (bicyclic) bond motifs is 4. The lowest BCUT2D eigenvalue weighted by Crippen LogP contribution is -2.59. The number of aliphatic hydroxyl groups excluding tert-OH is 1. The van der Waals surface area contributed by atoms with Crippen molar-refractivity contribution in [2.45, 2.75) is 24.2 Å².